The number of hydrogen-bond acceptors (Lipinski definition) is 3. The quantitative estimate of drug-likeness (QED) is 0.789. The molecule has 98 valence electrons. The van der Waals surface area contributed by atoms with Gasteiger partial charge >= 0.3 is 125 Å². The predicted octanol–water partition coefficient (Wildman–Crippen LogP) is 2.70. The summed E-state index contributed by atoms with van der Waals surface area (Å²) in [5, 5.41) is 0. The van der Waals surface area contributed by atoms with Gasteiger partial charge in [0.25, 0.3) is 0 Å². The van der Waals surface area contributed by atoms with Crippen LogP contribution in [-0.4, -0.2) is 38.2 Å². The van der Waals surface area contributed by atoms with Gasteiger partial charge in [0.15, 0.2) is 0 Å². The topological polar surface area (TPSA) is 35.0 Å². The van der Waals surface area contributed by atoms with Crippen LogP contribution in [0.5, 0.6) is 5.75 Å². The van der Waals surface area contributed by atoms with Crippen LogP contribution in [0.4, 0.5) is 0 Å². The molecule has 0 atom stereocenters. The summed E-state index contributed by atoms with van der Waals surface area (Å²) in [4.78, 5) is 9.09. The summed E-state index contributed by atoms with van der Waals surface area (Å²) >= 11 is -0.695. The molecule has 4 heteroatoms. The van der Waals surface area contributed by atoms with E-state index < -0.39 is 21.1 Å². The average Bonchev–Trinajstić information content (AvgIpc) is 2.37. The molecule has 0 aliphatic heterocycles. The van der Waals surface area contributed by atoms with Crippen molar-refractivity contribution in [3.05, 3.63) is 36.5 Å². The van der Waals surface area contributed by atoms with Gasteiger partial charge in [0.2, 0.25) is 0 Å². The molecule has 0 fully saturated rings. The third-order valence-electron chi connectivity index (χ3n) is 2.49. The number of hydrogen-bond donors (Lipinski definition) is 0. The predicted molar refractivity (Wildman–Crippen MR) is 79.1 cm³/mol. The number of ether oxygens (including phenoxy) is 1. The molecule has 2 radical (unpaired) electrons. The van der Waals surface area contributed by atoms with Gasteiger partial charge in [-0.05, 0) is 0 Å². The summed E-state index contributed by atoms with van der Waals surface area (Å²) in [6.45, 7) is 6.85. The van der Waals surface area contributed by atoms with Gasteiger partial charge in [-0.2, -0.15) is 0 Å². The van der Waals surface area contributed by atoms with Crippen molar-refractivity contribution < 1.29 is 4.74 Å². The Labute approximate surface area is 124 Å². The first kappa shape index (κ1) is 14.3. The Bertz CT molecular complexity index is 564. The molecule has 0 aliphatic rings. The van der Waals surface area contributed by atoms with Gasteiger partial charge in [0.05, 0.1) is 0 Å². The Kier molecular flexibility index (Phi) is 4.45. The average molecular weight is 361 g/mol. The molecule has 0 saturated heterocycles. The van der Waals surface area contributed by atoms with E-state index in [-0.39, 0.29) is 0 Å². The Balaban J connectivity index is 2.32. The molecule has 1 heterocycles. The molecule has 0 aliphatic carbocycles. The second kappa shape index (κ2) is 5.90. The second-order valence-electron chi connectivity index (χ2n) is 5.37. The summed E-state index contributed by atoms with van der Waals surface area (Å²) in [6, 6.07) is 9.94. The normalized spacial score (nSPS) is 11.4. The van der Waals surface area contributed by atoms with Gasteiger partial charge in [0.1, 0.15) is 0 Å². The molecule has 2 aromatic rings. The van der Waals surface area contributed by atoms with Crippen molar-refractivity contribution in [1.29, 1.82) is 0 Å². The summed E-state index contributed by atoms with van der Waals surface area (Å²) in [6.07, 6.45) is 1.86. The van der Waals surface area contributed by atoms with E-state index >= 15 is 0 Å². The van der Waals surface area contributed by atoms with Crippen LogP contribution in [0, 0.1) is 0 Å². The third kappa shape index (κ3) is 4.20. The van der Waals surface area contributed by atoms with Crippen molar-refractivity contribution in [1.82, 2.24) is 9.97 Å². The fraction of sp³-hybridized carbons (Fsp3) is 0.333. The number of nitrogens with zero attached hydrogens (tertiary/aromatic N) is 2. The van der Waals surface area contributed by atoms with Crippen molar-refractivity contribution in [3.8, 4) is 17.1 Å². The molecule has 2 rings (SSSR count). The van der Waals surface area contributed by atoms with Crippen molar-refractivity contribution in [2.24, 2.45) is 0 Å². The number of methoxy groups -OCH3 is 1. The first-order chi connectivity index (χ1) is 8.98. The van der Waals surface area contributed by atoms with Crippen LogP contribution in [0.2, 0.25) is 3.43 Å². The molecule has 0 N–H and O–H groups in total. The molecule has 0 saturated carbocycles. The van der Waals surface area contributed by atoms with Crippen LogP contribution >= 0.6 is 0 Å². The monoisotopic (exact) mass is 362 g/mol. The van der Waals surface area contributed by atoms with Crippen LogP contribution in [0.3, 0.4) is 0 Å². The van der Waals surface area contributed by atoms with Crippen LogP contribution in [0.15, 0.2) is 36.5 Å². The minimum atomic E-state index is -0.695. The molecular weight excluding hydrogens is 343 g/mol. The Hall–Kier alpha value is -1.10. The van der Waals surface area contributed by atoms with Gasteiger partial charge in [-0.25, -0.2) is 0 Å². The zero-order chi connectivity index (χ0) is 13.9. The first-order valence-electron chi connectivity index (χ1n) is 6.23. The van der Waals surface area contributed by atoms with E-state index in [4.69, 9.17) is 9.72 Å². The third-order valence-corrected chi connectivity index (χ3v) is 6.15. The summed E-state index contributed by atoms with van der Waals surface area (Å²) in [5.74, 6) is 1.63. The van der Waals surface area contributed by atoms with E-state index in [2.05, 4.69) is 31.8 Å². The first-order valence-corrected chi connectivity index (χ1v) is 9.09. The maximum atomic E-state index is 5.24. The van der Waals surface area contributed by atoms with Crippen molar-refractivity contribution in [2.45, 2.75) is 24.2 Å². The van der Waals surface area contributed by atoms with E-state index in [0.717, 1.165) is 17.1 Å². The van der Waals surface area contributed by atoms with Crippen molar-refractivity contribution in [2.75, 3.05) is 7.11 Å². The maximum absolute atomic E-state index is 5.24. The minimum absolute atomic E-state index is 0.392. The SMILES string of the molecule is COc1cccc(-c2ncc[c]([Sn][C](C)(C)C)n2)c1. The van der Waals surface area contributed by atoms with Crippen LogP contribution in [-0.2, 0) is 0 Å². The summed E-state index contributed by atoms with van der Waals surface area (Å²) < 4.78 is 6.87. The van der Waals surface area contributed by atoms with Crippen LogP contribution < -0.4 is 8.45 Å². The van der Waals surface area contributed by atoms with E-state index in [1.807, 2.05) is 30.5 Å². The fourth-order valence-electron chi connectivity index (χ4n) is 1.71. The Morgan fingerprint density at radius 1 is 1.16 bits per heavy atom. The van der Waals surface area contributed by atoms with E-state index in [0.29, 0.717) is 3.43 Å². The van der Waals surface area contributed by atoms with Gasteiger partial charge in [-0.3, -0.25) is 0 Å². The Morgan fingerprint density at radius 2 is 1.95 bits per heavy atom. The molecule has 0 amide bonds. The molecular formula is C15H18N2OSn. The van der Waals surface area contributed by atoms with E-state index in [9.17, 15) is 0 Å². The van der Waals surface area contributed by atoms with Crippen LogP contribution in [0.1, 0.15) is 20.8 Å². The zero-order valence-electron chi connectivity index (χ0n) is 11.8. The molecule has 0 bridgehead atoms. The van der Waals surface area contributed by atoms with Crippen molar-refractivity contribution in [3.63, 3.8) is 0 Å². The molecule has 3 nitrogen and oxygen atoms in total. The molecule has 0 unspecified atom stereocenters. The number of aromatic nitrogens is 2. The summed E-state index contributed by atoms with van der Waals surface area (Å²) in [7, 11) is 1.67. The summed E-state index contributed by atoms with van der Waals surface area (Å²) in [5.41, 5.74) is 1.01. The van der Waals surface area contributed by atoms with Gasteiger partial charge in [-0.1, -0.05) is 0 Å². The van der Waals surface area contributed by atoms with E-state index in [1.54, 1.807) is 7.11 Å². The van der Waals surface area contributed by atoms with Gasteiger partial charge < -0.3 is 0 Å². The number of rotatable bonds is 3. The van der Waals surface area contributed by atoms with Gasteiger partial charge in [-0.15, -0.1) is 0 Å². The molecule has 0 spiro atoms. The zero-order valence-corrected chi connectivity index (χ0v) is 14.6. The molecule has 1 aromatic carbocycles. The molecule has 19 heavy (non-hydrogen) atoms. The Morgan fingerprint density at radius 3 is 2.63 bits per heavy atom. The van der Waals surface area contributed by atoms with E-state index in [1.165, 1.54) is 3.71 Å². The second-order valence-corrected chi connectivity index (χ2v) is 11.8. The van der Waals surface area contributed by atoms with Crippen molar-refractivity contribution >= 4 is 24.9 Å². The fourth-order valence-corrected chi connectivity index (χ4v) is 4.82. The number of benzene rings is 1. The standard InChI is InChI=1S/C11H9N2O.C4H9.Sn/c1-14-10-5-2-4-9(8-10)11-12-6-3-7-13-11;1-4(2)3;/h2-6,8H,1H3;1-3H3;. The van der Waals surface area contributed by atoms with Crippen LogP contribution in [0.25, 0.3) is 11.4 Å². The van der Waals surface area contributed by atoms with Gasteiger partial charge in [0, 0.05) is 0 Å². The molecule has 1 aromatic heterocycles.